The number of benzene rings is 2. The highest BCUT2D eigenvalue weighted by molar-refractivity contribution is 9.10. The van der Waals surface area contributed by atoms with Crippen molar-refractivity contribution >= 4 is 21.6 Å². The first-order valence-corrected chi connectivity index (χ1v) is 5.31. The molecule has 0 saturated carbocycles. The summed E-state index contributed by atoms with van der Waals surface area (Å²) in [6, 6.07) is 13.1. The molecule has 2 rings (SSSR count). The lowest BCUT2D eigenvalue weighted by molar-refractivity contribution is 0.480. The minimum Gasteiger partial charge on any atom is -0.505 e. The summed E-state index contributed by atoms with van der Waals surface area (Å²) in [7, 11) is 0. The van der Waals surface area contributed by atoms with Crippen molar-refractivity contribution in [3.63, 3.8) is 0 Å². The van der Waals surface area contributed by atoms with Crippen molar-refractivity contribution in [1.29, 1.82) is 0 Å². The Bertz CT molecular complexity index is 497. The molecule has 15 heavy (non-hydrogen) atoms. The third-order valence-electron chi connectivity index (χ3n) is 2.20. The van der Waals surface area contributed by atoms with E-state index in [0.29, 0.717) is 5.69 Å². The maximum Gasteiger partial charge on any atom is 0.146 e. The average molecular weight is 264 g/mol. The van der Waals surface area contributed by atoms with Crippen LogP contribution in [-0.2, 0) is 0 Å². The summed E-state index contributed by atoms with van der Waals surface area (Å²) < 4.78 is 0.974. The first-order chi connectivity index (χ1) is 7.18. The third-order valence-corrected chi connectivity index (χ3v) is 2.70. The standard InChI is InChI=1S/C12H10BrNO/c13-9-4-1-3-8(7-9)10-5-2-6-11(14)12(10)15/h1-7,15H,14H2. The molecule has 0 saturated heterocycles. The highest BCUT2D eigenvalue weighted by atomic mass is 79.9. The van der Waals surface area contributed by atoms with Crippen LogP contribution in [0.3, 0.4) is 0 Å². The Hall–Kier alpha value is -1.48. The van der Waals surface area contributed by atoms with E-state index in [2.05, 4.69) is 15.9 Å². The van der Waals surface area contributed by atoms with E-state index in [1.807, 2.05) is 36.4 Å². The number of aromatic hydroxyl groups is 1. The number of rotatable bonds is 1. The molecule has 2 aromatic carbocycles. The molecule has 0 aliphatic carbocycles. The van der Waals surface area contributed by atoms with Gasteiger partial charge >= 0.3 is 0 Å². The lowest BCUT2D eigenvalue weighted by Crippen LogP contribution is -1.87. The quantitative estimate of drug-likeness (QED) is 0.612. The Kier molecular flexibility index (Phi) is 2.64. The fraction of sp³-hybridized carbons (Fsp3) is 0. The molecule has 0 bridgehead atoms. The van der Waals surface area contributed by atoms with Crippen LogP contribution < -0.4 is 5.73 Å². The van der Waals surface area contributed by atoms with Gasteiger partial charge in [0.15, 0.2) is 0 Å². The second kappa shape index (κ2) is 3.95. The van der Waals surface area contributed by atoms with Gasteiger partial charge in [-0.2, -0.15) is 0 Å². The second-order valence-corrected chi connectivity index (χ2v) is 4.17. The van der Waals surface area contributed by atoms with Gasteiger partial charge in [-0.15, -0.1) is 0 Å². The number of halogens is 1. The smallest absolute Gasteiger partial charge is 0.146 e. The minimum atomic E-state index is 0.135. The molecule has 76 valence electrons. The van der Waals surface area contributed by atoms with Gasteiger partial charge in [-0.25, -0.2) is 0 Å². The number of hydrogen-bond donors (Lipinski definition) is 2. The monoisotopic (exact) mass is 263 g/mol. The Morgan fingerprint density at radius 2 is 1.80 bits per heavy atom. The molecule has 0 amide bonds. The maximum atomic E-state index is 9.80. The Balaban J connectivity index is 2.59. The highest BCUT2D eigenvalue weighted by Gasteiger charge is 2.06. The van der Waals surface area contributed by atoms with E-state index in [-0.39, 0.29) is 5.75 Å². The molecule has 2 nitrogen and oxygen atoms in total. The molecule has 3 N–H and O–H groups in total. The largest absolute Gasteiger partial charge is 0.505 e. The zero-order valence-corrected chi connectivity index (χ0v) is 9.53. The molecule has 0 atom stereocenters. The van der Waals surface area contributed by atoms with Crippen LogP contribution in [0, 0.1) is 0 Å². The molecule has 0 aliphatic rings. The van der Waals surface area contributed by atoms with Crippen LogP contribution in [0.5, 0.6) is 5.75 Å². The van der Waals surface area contributed by atoms with E-state index in [1.54, 1.807) is 6.07 Å². The lowest BCUT2D eigenvalue weighted by Gasteiger charge is -2.07. The topological polar surface area (TPSA) is 46.2 Å². The number of anilines is 1. The summed E-state index contributed by atoms with van der Waals surface area (Å²) in [4.78, 5) is 0. The molecule has 0 unspecified atom stereocenters. The van der Waals surface area contributed by atoms with Crippen molar-refractivity contribution in [2.75, 3.05) is 5.73 Å². The molecular formula is C12H10BrNO. The summed E-state index contributed by atoms with van der Waals surface area (Å²) in [5.74, 6) is 0.135. The summed E-state index contributed by atoms with van der Waals surface area (Å²) in [6.07, 6.45) is 0. The van der Waals surface area contributed by atoms with E-state index in [4.69, 9.17) is 5.73 Å². The molecule has 2 aromatic rings. The predicted molar refractivity (Wildman–Crippen MR) is 65.7 cm³/mol. The Labute approximate surface area is 96.5 Å². The fourth-order valence-corrected chi connectivity index (χ4v) is 1.85. The molecular weight excluding hydrogens is 254 g/mol. The van der Waals surface area contributed by atoms with Crippen molar-refractivity contribution in [1.82, 2.24) is 0 Å². The van der Waals surface area contributed by atoms with E-state index in [9.17, 15) is 5.11 Å². The summed E-state index contributed by atoms with van der Waals surface area (Å²) in [5, 5.41) is 9.80. The normalized spacial score (nSPS) is 10.2. The first kappa shape index (κ1) is 10.1. The van der Waals surface area contributed by atoms with Gasteiger partial charge < -0.3 is 10.8 Å². The third kappa shape index (κ3) is 1.97. The molecule has 3 heteroatoms. The summed E-state index contributed by atoms with van der Waals surface area (Å²) >= 11 is 3.39. The zero-order chi connectivity index (χ0) is 10.8. The fourth-order valence-electron chi connectivity index (χ4n) is 1.45. The number of phenols is 1. The Morgan fingerprint density at radius 3 is 2.53 bits per heavy atom. The zero-order valence-electron chi connectivity index (χ0n) is 7.94. The van der Waals surface area contributed by atoms with Crippen LogP contribution >= 0.6 is 15.9 Å². The maximum absolute atomic E-state index is 9.80. The lowest BCUT2D eigenvalue weighted by atomic mass is 10.0. The van der Waals surface area contributed by atoms with Crippen LogP contribution in [-0.4, -0.2) is 5.11 Å². The van der Waals surface area contributed by atoms with Gasteiger partial charge in [0, 0.05) is 10.0 Å². The van der Waals surface area contributed by atoms with Gasteiger partial charge in [0.2, 0.25) is 0 Å². The molecule has 0 aliphatic heterocycles. The van der Waals surface area contributed by atoms with Gasteiger partial charge in [0.1, 0.15) is 5.75 Å². The van der Waals surface area contributed by atoms with Crippen LogP contribution in [0.15, 0.2) is 46.9 Å². The van der Waals surface area contributed by atoms with Gasteiger partial charge in [-0.05, 0) is 23.8 Å². The molecule has 0 heterocycles. The van der Waals surface area contributed by atoms with Crippen molar-refractivity contribution < 1.29 is 5.11 Å². The second-order valence-electron chi connectivity index (χ2n) is 3.25. The molecule has 0 spiro atoms. The van der Waals surface area contributed by atoms with Crippen molar-refractivity contribution in [2.24, 2.45) is 0 Å². The van der Waals surface area contributed by atoms with E-state index in [0.717, 1.165) is 15.6 Å². The Morgan fingerprint density at radius 1 is 1.07 bits per heavy atom. The van der Waals surface area contributed by atoms with Crippen LogP contribution in [0.1, 0.15) is 0 Å². The van der Waals surface area contributed by atoms with Gasteiger partial charge in [-0.3, -0.25) is 0 Å². The van der Waals surface area contributed by atoms with Gasteiger partial charge in [0.05, 0.1) is 5.69 Å². The minimum absolute atomic E-state index is 0.135. The summed E-state index contributed by atoms with van der Waals surface area (Å²) in [5.41, 5.74) is 7.72. The van der Waals surface area contributed by atoms with E-state index < -0.39 is 0 Å². The number of nitrogens with two attached hydrogens (primary N) is 1. The van der Waals surface area contributed by atoms with E-state index >= 15 is 0 Å². The van der Waals surface area contributed by atoms with Crippen molar-refractivity contribution in [3.05, 3.63) is 46.9 Å². The summed E-state index contributed by atoms with van der Waals surface area (Å²) in [6.45, 7) is 0. The first-order valence-electron chi connectivity index (χ1n) is 4.52. The molecule has 0 aromatic heterocycles. The number of phenolic OH excluding ortho intramolecular Hbond substituents is 1. The highest BCUT2D eigenvalue weighted by Crippen LogP contribution is 2.34. The van der Waals surface area contributed by atoms with Crippen molar-refractivity contribution in [2.45, 2.75) is 0 Å². The van der Waals surface area contributed by atoms with Crippen molar-refractivity contribution in [3.8, 4) is 16.9 Å². The number of hydrogen-bond acceptors (Lipinski definition) is 2. The number of nitrogen functional groups attached to an aromatic ring is 1. The average Bonchev–Trinajstić information content (AvgIpc) is 2.22. The SMILES string of the molecule is Nc1cccc(-c2cccc(Br)c2)c1O. The van der Waals surface area contributed by atoms with Crippen LogP contribution in [0.2, 0.25) is 0 Å². The number of para-hydroxylation sites is 1. The van der Waals surface area contributed by atoms with Gasteiger partial charge in [0.25, 0.3) is 0 Å². The molecule has 0 fully saturated rings. The van der Waals surface area contributed by atoms with E-state index in [1.165, 1.54) is 0 Å². The predicted octanol–water partition coefficient (Wildman–Crippen LogP) is 3.40. The molecule has 0 radical (unpaired) electrons. The van der Waals surface area contributed by atoms with Crippen LogP contribution in [0.4, 0.5) is 5.69 Å². The van der Waals surface area contributed by atoms with Crippen LogP contribution in [0.25, 0.3) is 11.1 Å². The van der Waals surface area contributed by atoms with Gasteiger partial charge in [-0.1, -0.05) is 40.2 Å².